The molecule has 4 nitrogen and oxygen atoms in total. The van der Waals surface area contributed by atoms with Gasteiger partial charge in [-0.15, -0.1) is 0 Å². The second-order valence-electron chi connectivity index (χ2n) is 4.38. The first-order chi connectivity index (χ1) is 6.68. The van der Waals surface area contributed by atoms with Crippen LogP contribution in [0.1, 0.15) is 13.3 Å². The molecule has 80 valence electrons. The van der Waals surface area contributed by atoms with Gasteiger partial charge in [0.1, 0.15) is 0 Å². The number of nitrogens with zero attached hydrogens (tertiary/aromatic N) is 3. The smallest absolute Gasteiger partial charge is 0.196 e. The van der Waals surface area contributed by atoms with Gasteiger partial charge in [-0.1, -0.05) is 6.92 Å². The Morgan fingerprint density at radius 2 is 2.21 bits per heavy atom. The minimum atomic E-state index is -0.126. The third kappa shape index (κ3) is 1.71. The number of guanidine groups is 1. The van der Waals surface area contributed by atoms with E-state index < -0.39 is 0 Å². The largest absolute Gasteiger partial charge is 0.393 e. The molecule has 0 spiro atoms. The summed E-state index contributed by atoms with van der Waals surface area (Å²) in [5.41, 5.74) is 0. The van der Waals surface area contributed by atoms with Gasteiger partial charge in [0.25, 0.3) is 0 Å². The molecule has 0 aromatic rings. The molecular weight excluding hydrogens is 178 g/mol. The van der Waals surface area contributed by atoms with Crippen LogP contribution in [0.5, 0.6) is 0 Å². The summed E-state index contributed by atoms with van der Waals surface area (Å²) in [4.78, 5) is 8.98. The van der Waals surface area contributed by atoms with E-state index >= 15 is 0 Å². The predicted molar refractivity (Wildman–Crippen MR) is 56.3 cm³/mol. The van der Waals surface area contributed by atoms with Crippen molar-refractivity contribution in [2.45, 2.75) is 19.4 Å². The zero-order valence-electron chi connectivity index (χ0n) is 8.98. The number of aliphatic hydroxyl groups excluding tert-OH is 1. The minimum absolute atomic E-state index is 0.126. The molecule has 0 amide bonds. The van der Waals surface area contributed by atoms with E-state index in [-0.39, 0.29) is 6.10 Å². The fraction of sp³-hybridized carbons (Fsp3) is 0.900. The SMILES string of the molecule is CC1CN(C2=NCCN2C)CCC1O. The summed E-state index contributed by atoms with van der Waals surface area (Å²) in [6.07, 6.45) is 0.743. The summed E-state index contributed by atoms with van der Waals surface area (Å²) in [5.74, 6) is 1.48. The maximum absolute atomic E-state index is 9.62. The van der Waals surface area contributed by atoms with E-state index in [1.807, 2.05) is 0 Å². The quantitative estimate of drug-likeness (QED) is 0.593. The van der Waals surface area contributed by atoms with Crippen LogP contribution in [0.3, 0.4) is 0 Å². The number of likely N-dealkylation sites (tertiary alicyclic amines) is 1. The molecule has 0 bridgehead atoms. The number of likely N-dealkylation sites (N-methyl/N-ethyl adjacent to an activating group) is 1. The lowest BCUT2D eigenvalue weighted by Crippen LogP contribution is -2.48. The van der Waals surface area contributed by atoms with E-state index in [0.717, 1.165) is 38.6 Å². The molecule has 0 aliphatic carbocycles. The van der Waals surface area contributed by atoms with Crippen LogP contribution in [0.15, 0.2) is 4.99 Å². The molecule has 0 saturated carbocycles. The first-order valence-electron chi connectivity index (χ1n) is 5.37. The lowest BCUT2D eigenvalue weighted by Gasteiger charge is -2.37. The Labute approximate surface area is 85.2 Å². The van der Waals surface area contributed by atoms with E-state index in [0.29, 0.717) is 5.92 Å². The molecule has 2 aliphatic rings. The zero-order valence-corrected chi connectivity index (χ0v) is 8.98. The average molecular weight is 197 g/mol. The summed E-state index contributed by atoms with van der Waals surface area (Å²) in [6, 6.07) is 0. The molecule has 1 saturated heterocycles. The highest BCUT2D eigenvalue weighted by Crippen LogP contribution is 2.18. The standard InChI is InChI=1S/C10H19N3O/c1-8-7-13(5-3-9(8)14)10-11-4-6-12(10)2/h8-9,14H,3-7H2,1-2H3. The van der Waals surface area contributed by atoms with Crippen LogP contribution in [-0.2, 0) is 0 Å². The monoisotopic (exact) mass is 197 g/mol. The van der Waals surface area contributed by atoms with Crippen LogP contribution in [0, 0.1) is 5.92 Å². The van der Waals surface area contributed by atoms with Gasteiger partial charge < -0.3 is 14.9 Å². The van der Waals surface area contributed by atoms with E-state index in [1.165, 1.54) is 0 Å². The highest BCUT2D eigenvalue weighted by Gasteiger charge is 2.28. The highest BCUT2D eigenvalue weighted by atomic mass is 16.3. The third-order valence-electron chi connectivity index (χ3n) is 3.17. The van der Waals surface area contributed by atoms with Gasteiger partial charge in [-0.2, -0.15) is 0 Å². The van der Waals surface area contributed by atoms with Crippen molar-refractivity contribution in [2.75, 3.05) is 33.2 Å². The molecule has 1 N–H and O–H groups in total. The lowest BCUT2D eigenvalue weighted by atomic mass is 9.97. The molecule has 2 unspecified atom stereocenters. The van der Waals surface area contributed by atoms with Gasteiger partial charge in [0.15, 0.2) is 5.96 Å². The molecule has 2 atom stereocenters. The Morgan fingerprint density at radius 3 is 2.79 bits per heavy atom. The van der Waals surface area contributed by atoms with Gasteiger partial charge in [0, 0.05) is 26.7 Å². The molecule has 0 aromatic heterocycles. The second-order valence-corrected chi connectivity index (χ2v) is 4.38. The second kappa shape index (κ2) is 3.77. The molecule has 0 aromatic carbocycles. The summed E-state index contributed by atoms with van der Waals surface area (Å²) in [7, 11) is 2.08. The molecule has 2 aliphatic heterocycles. The minimum Gasteiger partial charge on any atom is -0.393 e. The number of hydrogen-bond donors (Lipinski definition) is 1. The average Bonchev–Trinajstić information content (AvgIpc) is 2.57. The Bertz CT molecular complexity index is 242. The normalized spacial score (nSPS) is 33.5. The molecule has 14 heavy (non-hydrogen) atoms. The van der Waals surface area contributed by atoms with Crippen molar-refractivity contribution in [1.82, 2.24) is 9.80 Å². The third-order valence-corrected chi connectivity index (χ3v) is 3.17. The first kappa shape index (κ1) is 9.77. The van der Waals surface area contributed by atoms with Gasteiger partial charge in [-0.25, -0.2) is 0 Å². The van der Waals surface area contributed by atoms with Crippen LogP contribution in [0.25, 0.3) is 0 Å². The maximum Gasteiger partial charge on any atom is 0.196 e. The van der Waals surface area contributed by atoms with Gasteiger partial charge in [0.2, 0.25) is 0 Å². The van der Waals surface area contributed by atoms with Crippen molar-refractivity contribution in [1.29, 1.82) is 0 Å². The van der Waals surface area contributed by atoms with Gasteiger partial charge in [-0.3, -0.25) is 4.99 Å². The van der Waals surface area contributed by atoms with Gasteiger partial charge >= 0.3 is 0 Å². The van der Waals surface area contributed by atoms with Crippen molar-refractivity contribution in [3.8, 4) is 0 Å². The van der Waals surface area contributed by atoms with Crippen LogP contribution < -0.4 is 0 Å². The summed E-state index contributed by atoms with van der Waals surface area (Å²) >= 11 is 0. The number of piperidine rings is 1. The summed E-state index contributed by atoms with van der Waals surface area (Å²) < 4.78 is 0. The fourth-order valence-corrected chi connectivity index (χ4v) is 2.18. The highest BCUT2D eigenvalue weighted by molar-refractivity contribution is 5.81. The first-order valence-corrected chi connectivity index (χ1v) is 5.37. The van der Waals surface area contributed by atoms with E-state index in [9.17, 15) is 5.11 Å². The van der Waals surface area contributed by atoms with Crippen molar-refractivity contribution in [3.05, 3.63) is 0 Å². The predicted octanol–water partition coefficient (Wildman–Crippen LogP) is -0.00950. The van der Waals surface area contributed by atoms with Crippen LogP contribution in [0.2, 0.25) is 0 Å². The summed E-state index contributed by atoms with van der Waals surface area (Å²) in [6.45, 7) is 5.92. The maximum atomic E-state index is 9.62. The van der Waals surface area contributed by atoms with Crippen LogP contribution >= 0.6 is 0 Å². The number of aliphatic hydroxyl groups is 1. The van der Waals surface area contributed by atoms with Crippen molar-refractivity contribution >= 4 is 5.96 Å². The van der Waals surface area contributed by atoms with Crippen molar-refractivity contribution < 1.29 is 5.11 Å². The van der Waals surface area contributed by atoms with E-state index in [2.05, 4.69) is 28.8 Å². The molecule has 0 radical (unpaired) electrons. The van der Waals surface area contributed by atoms with Gasteiger partial charge in [0.05, 0.1) is 12.6 Å². The van der Waals surface area contributed by atoms with E-state index in [4.69, 9.17) is 0 Å². The summed E-state index contributed by atoms with van der Waals surface area (Å²) in [5, 5.41) is 9.62. The van der Waals surface area contributed by atoms with E-state index in [1.54, 1.807) is 0 Å². The Hall–Kier alpha value is -0.770. The topological polar surface area (TPSA) is 39.1 Å². The van der Waals surface area contributed by atoms with Crippen LogP contribution in [0.4, 0.5) is 0 Å². The molecule has 2 rings (SSSR count). The fourth-order valence-electron chi connectivity index (χ4n) is 2.18. The Morgan fingerprint density at radius 1 is 1.43 bits per heavy atom. The molecule has 4 heteroatoms. The van der Waals surface area contributed by atoms with Crippen LogP contribution in [-0.4, -0.2) is 60.2 Å². The van der Waals surface area contributed by atoms with Crippen molar-refractivity contribution in [3.63, 3.8) is 0 Å². The molecule has 1 fully saturated rings. The number of rotatable bonds is 0. The molecule has 2 heterocycles. The number of aliphatic imine (C=N–C) groups is 1. The molecular formula is C10H19N3O. The number of hydrogen-bond acceptors (Lipinski definition) is 4. The Kier molecular flexibility index (Phi) is 2.63. The lowest BCUT2D eigenvalue weighted by molar-refractivity contribution is 0.0560. The Balaban J connectivity index is 1.99. The zero-order chi connectivity index (χ0) is 10.1. The van der Waals surface area contributed by atoms with Gasteiger partial charge in [-0.05, 0) is 12.3 Å². The van der Waals surface area contributed by atoms with Crippen molar-refractivity contribution in [2.24, 2.45) is 10.9 Å².